The van der Waals surface area contributed by atoms with Gasteiger partial charge in [0, 0.05) is 0 Å². The van der Waals surface area contributed by atoms with Gasteiger partial charge in [0.2, 0.25) is 0 Å². The normalized spacial score (nSPS) is 10.4. The third-order valence-electron chi connectivity index (χ3n) is 2.77. The number of amidine groups is 1. The van der Waals surface area contributed by atoms with E-state index >= 15 is 0 Å². The van der Waals surface area contributed by atoms with Crippen LogP contribution in [-0.2, 0) is 6.42 Å². The van der Waals surface area contributed by atoms with Gasteiger partial charge in [0.15, 0.2) is 0 Å². The summed E-state index contributed by atoms with van der Waals surface area (Å²) < 4.78 is 5.35. The molecule has 1 aromatic carbocycles. The molecule has 0 atom stereocenters. The van der Waals surface area contributed by atoms with E-state index in [1.807, 2.05) is 24.3 Å². The van der Waals surface area contributed by atoms with Gasteiger partial charge in [-0.25, -0.2) is 4.98 Å². The van der Waals surface area contributed by atoms with Crippen molar-refractivity contribution < 1.29 is 4.74 Å². The predicted octanol–water partition coefficient (Wildman–Crippen LogP) is 3.06. The zero-order valence-electron chi connectivity index (χ0n) is 11.1. The number of nitrogens with zero attached hydrogens (tertiary/aromatic N) is 1. The lowest BCUT2D eigenvalue weighted by Crippen LogP contribution is -2.11. The molecule has 0 aliphatic heterocycles. The van der Waals surface area contributed by atoms with Crippen molar-refractivity contribution in [3.05, 3.63) is 34.8 Å². The predicted molar refractivity (Wildman–Crippen MR) is 79.1 cm³/mol. The molecule has 0 radical (unpaired) electrons. The maximum absolute atomic E-state index is 7.65. The average molecular weight is 275 g/mol. The minimum atomic E-state index is 0.0853. The van der Waals surface area contributed by atoms with Gasteiger partial charge in [0.1, 0.15) is 16.6 Å². The maximum Gasteiger partial charge on any atom is 0.135 e. The Hall–Kier alpha value is -1.88. The standard InChI is InChI=1S/C14H17N3OS/c1-3-6-10-12(13(15)16)19-14(17-10)9-7-4-5-8-11(9)18-2/h4-5,7-8H,3,6H2,1-2H3,(H3,15,16). The lowest BCUT2D eigenvalue weighted by atomic mass is 10.2. The summed E-state index contributed by atoms with van der Waals surface area (Å²) in [6.07, 6.45) is 1.82. The Morgan fingerprint density at radius 1 is 1.42 bits per heavy atom. The van der Waals surface area contributed by atoms with E-state index in [1.165, 1.54) is 11.3 Å². The second-order valence-corrected chi connectivity index (χ2v) is 5.16. The van der Waals surface area contributed by atoms with E-state index < -0.39 is 0 Å². The van der Waals surface area contributed by atoms with Gasteiger partial charge in [-0.3, -0.25) is 5.41 Å². The molecule has 0 spiro atoms. The summed E-state index contributed by atoms with van der Waals surface area (Å²) in [6.45, 7) is 2.09. The lowest BCUT2D eigenvalue weighted by Gasteiger charge is -2.04. The smallest absolute Gasteiger partial charge is 0.135 e. The van der Waals surface area contributed by atoms with Crippen LogP contribution in [0, 0.1) is 5.41 Å². The van der Waals surface area contributed by atoms with E-state index in [0.717, 1.165) is 39.7 Å². The quantitative estimate of drug-likeness (QED) is 0.650. The first kappa shape index (κ1) is 13.5. The molecule has 5 heteroatoms. The number of methoxy groups -OCH3 is 1. The van der Waals surface area contributed by atoms with Crippen LogP contribution in [0.3, 0.4) is 0 Å². The number of hydrogen-bond acceptors (Lipinski definition) is 4. The van der Waals surface area contributed by atoms with Crippen LogP contribution in [0.4, 0.5) is 0 Å². The van der Waals surface area contributed by atoms with Crippen molar-refractivity contribution in [1.82, 2.24) is 4.98 Å². The van der Waals surface area contributed by atoms with Crippen LogP contribution in [0.1, 0.15) is 23.9 Å². The number of ether oxygens (including phenoxy) is 1. The van der Waals surface area contributed by atoms with Gasteiger partial charge in [0.25, 0.3) is 0 Å². The molecule has 2 rings (SSSR count). The van der Waals surface area contributed by atoms with Gasteiger partial charge in [0.05, 0.1) is 23.2 Å². The summed E-state index contributed by atoms with van der Waals surface area (Å²) in [4.78, 5) is 5.38. The molecule has 0 saturated carbocycles. The highest BCUT2D eigenvalue weighted by molar-refractivity contribution is 7.17. The van der Waals surface area contributed by atoms with Gasteiger partial charge in [-0.2, -0.15) is 0 Å². The van der Waals surface area contributed by atoms with E-state index in [-0.39, 0.29) is 5.84 Å². The number of thiazole rings is 1. The lowest BCUT2D eigenvalue weighted by molar-refractivity contribution is 0.416. The van der Waals surface area contributed by atoms with Crippen molar-refractivity contribution in [2.75, 3.05) is 7.11 Å². The molecule has 4 nitrogen and oxygen atoms in total. The molecule has 0 amide bonds. The second-order valence-electron chi connectivity index (χ2n) is 4.16. The van der Waals surface area contributed by atoms with Gasteiger partial charge in [-0.1, -0.05) is 25.5 Å². The number of para-hydroxylation sites is 1. The van der Waals surface area contributed by atoms with E-state index in [0.29, 0.717) is 0 Å². The summed E-state index contributed by atoms with van der Waals surface area (Å²) in [6, 6.07) is 7.75. The number of aryl methyl sites for hydroxylation is 1. The van der Waals surface area contributed by atoms with Crippen molar-refractivity contribution in [3.63, 3.8) is 0 Å². The minimum absolute atomic E-state index is 0.0853. The molecule has 0 aliphatic rings. The van der Waals surface area contributed by atoms with E-state index in [4.69, 9.17) is 15.9 Å². The molecule has 0 unspecified atom stereocenters. The largest absolute Gasteiger partial charge is 0.496 e. The minimum Gasteiger partial charge on any atom is -0.496 e. The first-order valence-corrected chi connectivity index (χ1v) is 6.96. The van der Waals surface area contributed by atoms with E-state index in [9.17, 15) is 0 Å². The van der Waals surface area contributed by atoms with Gasteiger partial charge < -0.3 is 10.5 Å². The molecule has 0 bridgehead atoms. The second kappa shape index (κ2) is 5.84. The van der Waals surface area contributed by atoms with E-state index in [1.54, 1.807) is 7.11 Å². The summed E-state index contributed by atoms with van der Waals surface area (Å²) in [5.74, 6) is 0.872. The number of nitrogen functional groups attached to an aromatic ring is 1. The van der Waals surface area contributed by atoms with Crippen LogP contribution in [0.15, 0.2) is 24.3 Å². The van der Waals surface area contributed by atoms with Crippen LogP contribution < -0.4 is 10.5 Å². The number of aromatic nitrogens is 1. The molecule has 1 heterocycles. The summed E-state index contributed by atoms with van der Waals surface area (Å²) in [5, 5.41) is 8.50. The van der Waals surface area contributed by atoms with E-state index in [2.05, 4.69) is 11.9 Å². The van der Waals surface area contributed by atoms with Crippen LogP contribution >= 0.6 is 11.3 Å². The third-order valence-corrected chi connectivity index (χ3v) is 3.93. The first-order chi connectivity index (χ1) is 9.17. The fraction of sp³-hybridized carbons (Fsp3) is 0.286. The number of nitrogens with two attached hydrogens (primary N) is 1. The van der Waals surface area contributed by atoms with Crippen molar-refractivity contribution in [2.45, 2.75) is 19.8 Å². The number of nitrogens with one attached hydrogen (secondary N) is 1. The molecular formula is C14H17N3OS. The Morgan fingerprint density at radius 3 is 2.79 bits per heavy atom. The maximum atomic E-state index is 7.65. The zero-order chi connectivity index (χ0) is 13.8. The molecular weight excluding hydrogens is 258 g/mol. The Kier molecular flexibility index (Phi) is 4.16. The summed E-state index contributed by atoms with van der Waals surface area (Å²) >= 11 is 1.45. The average Bonchev–Trinajstić information content (AvgIpc) is 2.83. The van der Waals surface area contributed by atoms with Crippen LogP contribution in [0.2, 0.25) is 0 Å². The van der Waals surface area contributed by atoms with Gasteiger partial charge in [-0.05, 0) is 18.6 Å². The fourth-order valence-electron chi connectivity index (χ4n) is 1.90. The number of benzene rings is 1. The monoisotopic (exact) mass is 275 g/mol. The third kappa shape index (κ3) is 2.76. The van der Waals surface area contributed by atoms with Crippen LogP contribution in [0.5, 0.6) is 5.75 Å². The van der Waals surface area contributed by atoms with Gasteiger partial charge in [-0.15, -0.1) is 11.3 Å². The summed E-state index contributed by atoms with van der Waals surface area (Å²) in [7, 11) is 1.64. The Balaban J connectivity index is 2.51. The molecule has 100 valence electrons. The van der Waals surface area contributed by atoms with Crippen LogP contribution in [0.25, 0.3) is 10.6 Å². The highest BCUT2D eigenvalue weighted by Gasteiger charge is 2.16. The first-order valence-electron chi connectivity index (χ1n) is 6.14. The highest BCUT2D eigenvalue weighted by Crippen LogP contribution is 2.34. The Morgan fingerprint density at radius 2 is 2.16 bits per heavy atom. The van der Waals surface area contributed by atoms with Crippen molar-refractivity contribution in [3.8, 4) is 16.3 Å². The van der Waals surface area contributed by atoms with Crippen LogP contribution in [-0.4, -0.2) is 17.9 Å². The van der Waals surface area contributed by atoms with Crippen molar-refractivity contribution in [1.29, 1.82) is 5.41 Å². The number of rotatable bonds is 5. The SMILES string of the molecule is CCCc1nc(-c2ccccc2OC)sc1C(=N)N. The molecule has 0 aliphatic carbocycles. The molecule has 2 aromatic rings. The van der Waals surface area contributed by atoms with Crippen molar-refractivity contribution in [2.24, 2.45) is 5.73 Å². The number of hydrogen-bond donors (Lipinski definition) is 2. The van der Waals surface area contributed by atoms with Gasteiger partial charge >= 0.3 is 0 Å². The molecule has 3 N–H and O–H groups in total. The van der Waals surface area contributed by atoms with Crippen molar-refractivity contribution >= 4 is 17.2 Å². The topological polar surface area (TPSA) is 72.0 Å². The Bertz CT molecular complexity index is 592. The molecule has 1 aromatic heterocycles. The molecule has 0 fully saturated rings. The zero-order valence-corrected chi connectivity index (χ0v) is 11.9. The summed E-state index contributed by atoms with van der Waals surface area (Å²) in [5.41, 5.74) is 7.48. The fourth-order valence-corrected chi connectivity index (χ4v) is 2.91. The molecule has 0 saturated heterocycles. The highest BCUT2D eigenvalue weighted by atomic mass is 32.1. The Labute approximate surface area is 116 Å². The molecule has 19 heavy (non-hydrogen) atoms.